The lowest BCUT2D eigenvalue weighted by molar-refractivity contribution is 0.0951. The summed E-state index contributed by atoms with van der Waals surface area (Å²) in [6.07, 6.45) is 0.942. The molecule has 0 heterocycles. The number of carbonyl (C=O) groups is 1. The first-order valence-corrected chi connectivity index (χ1v) is 6.66. The SMILES string of the molecule is COCCN(C)CCCNC(=O)c1ccc(C)cc1. The number of nitrogens with zero attached hydrogens (tertiary/aromatic N) is 1. The smallest absolute Gasteiger partial charge is 0.251 e. The van der Waals surface area contributed by atoms with Crippen LogP contribution in [0.1, 0.15) is 22.3 Å². The second kappa shape index (κ2) is 8.67. The fraction of sp³-hybridized carbons (Fsp3) is 0.533. The summed E-state index contributed by atoms with van der Waals surface area (Å²) in [4.78, 5) is 14.0. The fourth-order valence-electron chi connectivity index (χ4n) is 1.72. The molecule has 19 heavy (non-hydrogen) atoms. The quantitative estimate of drug-likeness (QED) is 0.727. The Morgan fingerprint density at radius 3 is 2.58 bits per heavy atom. The molecule has 1 rings (SSSR count). The van der Waals surface area contributed by atoms with E-state index in [1.54, 1.807) is 7.11 Å². The van der Waals surface area contributed by atoms with Crippen molar-refractivity contribution in [3.63, 3.8) is 0 Å². The summed E-state index contributed by atoms with van der Waals surface area (Å²) in [5.41, 5.74) is 1.88. The molecule has 0 aliphatic rings. The van der Waals surface area contributed by atoms with Crippen LogP contribution in [0.5, 0.6) is 0 Å². The van der Waals surface area contributed by atoms with Crippen molar-refractivity contribution in [1.82, 2.24) is 10.2 Å². The van der Waals surface area contributed by atoms with Gasteiger partial charge in [0.25, 0.3) is 5.91 Å². The Labute approximate surface area is 115 Å². The van der Waals surface area contributed by atoms with E-state index in [0.29, 0.717) is 6.54 Å². The Hall–Kier alpha value is -1.39. The van der Waals surface area contributed by atoms with Gasteiger partial charge in [-0.05, 0) is 39.1 Å². The number of benzene rings is 1. The summed E-state index contributed by atoms with van der Waals surface area (Å²) in [6, 6.07) is 7.62. The monoisotopic (exact) mass is 264 g/mol. The molecule has 0 bridgehead atoms. The van der Waals surface area contributed by atoms with Gasteiger partial charge in [-0.15, -0.1) is 0 Å². The van der Waals surface area contributed by atoms with Gasteiger partial charge in [-0.1, -0.05) is 17.7 Å². The highest BCUT2D eigenvalue weighted by Crippen LogP contribution is 2.02. The molecule has 0 atom stereocenters. The summed E-state index contributed by atoms with van der Waals surface area (Å²) in [6.45, 7) is 5.33. The van der Waals surface area contributed by atoms with Crippen molar-refractivity contribution in [3.8, 4) is 0 Å². The van der Waals surface area contributed by atoms with Crippen LogP contribution in [0.3, 0.4) is 0 Å². The normalized spacial score (nSPS) is 10.7. The number of hydrogen-bond donors (Lipinski definition) is 1. The van der Waals surface area contributed by atoms with E-state index in [-0.39, 0.29) is 5.91 Å². The Balaban J connectivity index is 2.18. The van der Waals surface area contributed by atoms with Crippen LogP contribution < -0.4 is 5.32 Å². The Kier molecular flexibility index (Phi) is 7.15. The molecule has 0 saturated carbocycles. The maximum atomic E-state index is 11.8. The lowest BCUT2D eigenvalue weighted by atomic mass is 10.1. The molecular formula is C15H24N2O2. The number of carbonyl (C=O) groups excluding carboxylic acids is 1. The van der Waals surface area contributed by atoms with E-state index in [2.05, 4.69) is 17.3 Å². The number of amides is 1. The minimum absolute atomic E-state index is 0.000422. The average molecular weight is 264 g/mol. The summed E-state index contributed by atoms with van der Waals surface area (Å²) in [5, 5.41) is 2.93. The molecule has 0 spiro atoms. The summed E-state index contributed by atoms with van der Waals surface area (Å²) < 4.78 is 5.01. The zero-order valence-electron chi connectivity index (χ0n) is 12.1. The third-order valence-corrected chi connectivity index (χ3v) is 2.99. The lowest BCUT2D eigenvalue weighted by Crippen LogP contribution is -2.29. The highest BCUT2D eigenvalue weighted by atomic mass is 16.5. The molecule has 106 valence electrons. The Morgan fingerprint density at radius 2 is 1.95 bits per heavy atom. The largest absolute Gasteiger partial charge is 0.383 e. The van der Waals surface area contributed by atoms with Crippen LogP contribution in [0.25, 0.3) is 0 Å². The third-order valence-electron chi connectivity index (χ3n) is 2.99. The Morgan fingerprint density at radius 1 is 1.26 bits per heavy atom. The number of ether oxygens (including phenoxy) is 1. The highest BCUT2D eigenvalue weighted by Gasteiger charge is 2.04. The van der Waals surface area contributed by atoms with Crippen LogP contribution in [0.15, 0.2) is 24.3 Å². The molecule has 0 unspecified atom stereocenters. The van der Waals surface area contributed by atoms with Crippen molar-refractivity contribution in [2.45, 2.75) is 13.3 Å². The summed E-state index contributed by atoms with van der Waals surface area (Å²) in [7, 11) is 3.76. The molecule has 0 aliphatic carbocycles. The molecule has 4 nitrogen and oxygen atoms in total. The van der Waals surface area contributed by atoms with E-state index < -0.39 is 0 Å². The first-order valence-electron chi connectivity index (χ1n) is 6.66. The number of rotatable bonds is 8. The standard InChI is InChI=1S/C15H24N2O2/c1-13-5-7-14(8-6-13)15(18)16-9-4-10-17(2)11-12-19-3/h5-8H,4,9-12H2,1-3H3,(H,16,18). The second-order valence-electron chi connectivity index (χ2n) is 4.77. The third kappa shape index (κ3) is 6.36. The lowest BCUT2D eigenvalue weighted by Gasteiger charge is -2.15. The van der Waals surface area contributed by atoms with E-state index in [9.17, 15) is 4.79 Å². The zero-order valence-corrected chi connectivity index (χ0v) is 12.1. The summed E-state index contributed by atoms with van der Waals surface area (Å²) >= 11 is 0. The van der Waals surface area contributed by atoms with Crippen molar-refractivity contribution in [2.24, 2.45) is 0 Å². The molecule has 0 radical (unpaired) electrons. The van der Waals surface area contributed by atoms with E-state index in [1.807, 2.05) is 31.2 Å². The molecule has 0 fully saturated rings. The van der Waals surface area contributed by atoms with Crippen LogP contribution in [0, 0.1) is 6.92 Å². The number of aryl methyl sites for hydroxylation is 1. The van der Waals surface area contributed by atoms with E-state index in [0.717, 1.165) is 37.2 Å². The maximum absolute atomic E-state index is 11.8. The van der Waals surface area contributed by atoms with Crippen LogP contribution in [-0.4, -0.2) is 51.2 Å². The van der Waals surface area contributed by atoms with Crippen LogP contribution in [-0.2, 0) is 4.74 Å². The average Bonchev–Trinajstić information content (AvgIpc) is 2.41. The number of nitrogens with one attached hydrogen (secondary N) is 1. The number of methoxy groups -OCH3 is 1. The first kappa shape index (κ1) is 15.7. The van der Waals surface area contributed by atoms with Crippen molar-refractivity contribution in [3.05, 3.63) is 35.4 Å². The van der Waals surface area contributed by atoms with Gasteiger partial charge < -0.3 is 15.0 Å². The van der Waals surface area contributed by atoms with Crippen LogP contribution in [0.2, 0.25) is 0 Å². The highest BCUT2D eigenvalue weighted by molar-refractivity contribution is 5.94. The second-order valence-corrected chi connectivity index (χ2v) is 4.77. The van der Waals surface area contributed by atoms with Crippen molar-refractivity contribution >= 4 is 5.91 Å². The van der Waals surface area contributed by atoms with E-state index >= 15 is 0 Å². The van der Waals surface area contributed by atoms with Gasteiger partial charge in [0.2, 0.25) is 0 Å². The van der Waals surface area contributed by atoms with Crippen LogP contribution in [0.4, 0.5) is 0 Å². The molecule has 1 aromatic rings. The van der Waals surface area contributed by atoms with Gasteiger partial charge in [-0.2, -0.15) is 0 Å². The van der Waals surface area contributed by atoms with Gasteiger partial charge >= 0.3 is 0 Å². The molecule has 0 saturated heterocycles. The molecule has 1 N–H and O–H groups in total. The first-order chi connectivity index (χ1) is 9.13. The minimum atomic E-state index is -0.000422. The van der Waals surface area contributed by atoms with Crippen LogP contribution >= 0.6 is 0 Å². The van der Waals surface area contributed by atoms with Gasteiger partial charge in [0.05, 0.1) is 6.61 Å². The van der Waals surface area contributed by atoms with Gasteiger partial charge in [-0.25, -0.2) is 0 Å². The number of hydrogen-bond acceptors (Lipinski definition) is 3. The maximum Gasteiger partial charge on any atom is 0.251 e. The predicted molar refractivity (Wildman–Crippen MR) is 77.5 cm³/mol. The molecule has 0 aliphatic heterocycles. The van der Waals surface area contributed by atoms with Crippen molar-refractivity contribution in [2.75, 3.05) is 40.4 Å². The molecule has 0 aromatic heterocycles. The molecule has 1 aromatic carbocycles. The van der Waals surface area contributed by atoms with Gasteiger partial charge in [-0.3, -0.25) is 4.79 Å². The van der Waals surface area contributed by atoms with Gasteiger partial charge in [0.1, 0.15) is 0 Å². The van der Waals surface area contributed by atoms with Crippen molar-refractivity contribution in [1.29, 1.82) is 0 Å². The number of likely N-dealkylation sites (N-methyl/N-ethyl adjacent to an activating group) is 1. The molecule has 1 amide bonds. The predicted octanol–water partition coefficient (Wildman–Crippen LogP) is 1.69. The van der Waals surface area contributed by atoms with E-state index in [1.165, 1.54) is 0 Å². The Bertz CT molecular complexity index is 376. The van der Waals surface area contributed by atoms with Gasteiger partial charge in [0.15, 0.2) is 0 Å². The van der Waals surface area contributed by atoms with Crippen molar-refractivity contribution < 1.29 is 9.53 Å². The molecule has 4 heteroatoms. The topological polar surface area (TPSA) is 41.6 Å². The summed E-state index contributed by atoms with van der Waals surface area (Å²) in [5.74, 6) is -0.000422. The van der Waals surface area contributed by atoms with Gasteiger partial charge in [0, 0.05) is 25.8 Å². The zero-order chi connectivity index (χ0) is 14.1. The fourth-order valence-corrected chi connectivity index (χ4v) is 1.72. The molecular weight excluding hydrogens is 240 g/mol. The van der Waals surface area contributed by atoms with E-state index in [4.69, 9.17) is 4.74 Å². The minimum Gasteiger partial charge on any atom is -0.383 e.